The Labute approximate surface area is 215 Å². The monoisotopic (exact) mass is 500 g/mol. The minimum atomic E-state index is -0.192. The first-order chi connectivity index (χ1) is 16.5. The van der Waals surface area contributed by atoms with E-state index >= 15 is 0 Å². The molecule has 4 rings (SSSR count). The molecular weight excluding hydrogens is 464 g/mol. The molecule has 0 aromatic heterocycles. The van der Waals surface area contributed by atoms with Crippen molar-refractivity contribution >= 4 is 29.9 Å². The number of hydrogen-bond acceptors (Lipinski definition) is 5. The summed E-state index contributed by atoms with van der Waals surface area (Å²) in [6, 6.07) is 16.4. The van der Waals surface area contributed by atoms with Crippen LogP contribution in [0.15, 0.2) is 54.6 Å². The number of amides is 2. The number of benzene rings is 2. The largest absolute Gasteiger partial charge is 0.497 e. The van der Waals surface area contributed by atoms with Crippen molar-refractivity contribution in [2.45, 2.75) is 12.8 Å². The second kappa shape index (κ2) is 12.9. The van der Waals surface area contributed by atoms with Crippen molar-refractivity contribution < 1.29 is 14.3 Å². The summed E-state index contributed by atoms with van der Waals surface area (Å²) in [6.45, 7) is 6.74. The van der Waals surface area contributed by atoms with Gasteiger partial charge in [0.25, 0.3) is 5.91 Å². The standard InChI is InChI=1S/C27H36N4O3.ClH/c1-28-14-12-22(13-15-28)20-29-16-18-30(19-17-29)26(32)21-31(24-6-4-3-5-7-24)27(33)23-8-10-25(34-2)11-9-23;/h3-11,22H,12-21H2,1-2H3;1H. The maximum absolute atomic E-state index is 13.4. The third-order valence-electron chi connectivity index (χ3n) is 7.02. The van der Waals surface area contributed by atoms with Crippen LogP contribution in [0.3, 0.4) is 0 Å². The molecule has 2 fully saturated rings. The van der Waals surface area contributed by atoms with Gasteiger partial charge in [-0.25, -0.2) is 0 Å². The molecule has 2 aliphatic rings. The second-order valence-electron chi connectivity index (χ2n) is 9.38. The zero-order valence-corrected chi connectivity index (χ0v) is 21.6. The molecule has 0 atom stereocenters. The van der Waals surface area contributed by atoms with Crippen molar-refractivity contribution in [2.24, 2.45) is 5.92 Å². The highest BCUT2D eigenvalue weighted by Crippen LogP contribution is 2.21. The molecule has 2 saturated heterocycles. The van der Waals surface area contributed by atoms with Gasteiger partial charge >= 0.3 is 0 Å². The van der Waals surface area contributed by atoms with E-state index in [2.05, 4.69) is 16.8 Å². The molecule has 35 heavy (non-hydrogen) atoms. The molecule has 0 unspecified atom stereocenters. The molecule has 0 radical (unpaired) electrons. The molecule has 0 N–H and O–H groups in total. The van der Waals surface area contributed by atoms with Gasteiger partial charge in [-0.05, 0) is 75.3 Å². The number of carbonyl (C=O) groups excluding carboxylic acids is 2. The van der Waals surface area contributed by atoms with Crippen LogP contribution in [-0.2, 0) is 4.79 Å². The maximum atomic E-state index is 13.4. The molecule has 2 aromatic carbocycles. The summed E-state index contributed by atoms with van der Waals surface area (Å²) >= 11 is 0. The Kier molecular flexibility index (Phi) is 9.95. The first kappa shape index (κ1) is 27.0. The third kappa shape index (κ3) is 7.19. The Morgan fingerprint density at radius 2 is 1.54 bits per heavy atom. The van der Waals surface area contributed by atoms with Gasteiger partial charge in [-0.1, -0.05) is 18.2 Å². The van der Waals surface area contributed by atoms with E-state index in [1.54, 1.807) is 36.3 Å². The molecule has 2 aliphatic heterocycles. The van der Waals surface area contributed by atoms with Crippen LogP contribution >= 0.6 is 12.4 Å². The number of para-hydroxylation sites is 1. The highest BCUT2D eigenvalue weighted by molar-refractivity contribution is 6.08. The summed E-state index contributed by atoms with van der Waals surface area (Å²) in [7, 11) is 3.79. The summed E-state index contributed by atoms with van der Waals surface area (Å²) in [5.41, 5.74) is 1.25. The van der Waals surface area contributed by atoms with E-state index in [-0.39, 0.29) is 30.8 Å². The summed E-state index contributed by atoms with van der Waals surface area (Å²) in [5.74, 6) is 1.25. The lowest BCUT2D eigenvalue weighted by Gasteiger charge is -2.38. The number of carbonyl (C=O) groups is 2. The lowest BCUT2D eigenvalue weighted by molar-refractivity contribution is -0.131. The SMILES string of the molecule is COc1ccc(C(=O)N(CC(=O)N2CCN(CC3CCN(C)CC3)CC2)c2ccccc2)cc1.Cl. The predicted molar refractivity (Wildman–Crippen MR) is 142 cm³/mol. The van der Waals surface area contributed by atoms with Gasteiger partial charge in [0.15, 0.2) is 0 Å². The van der Waals surface area contributed by atoms with Crippen molar-refractivity contribution in [2.75, 3.05) is 71.4 Å². The van der Waals surface area contributed by atoms with Gasteiger partial charge in [0, 0.05) is 44.0 Å². The zero-order chi connectivity index (χ0) is 23.9. The van der Waals surface area contributed by atoms with Gasteiger partial charge in [0.1, 0.15) is 12.3 Å². The van der Waals surface area contributed by atoms with Gasteiger partial charge in [0.05, 0.1) is 7.11 Å². The number of rotatable bonds is 7. The molecule has 2 heterocycles. The molecule has 0 aliphatic carbocycles. The number of nitrogens with zero attached hydrogens (tertiary/aromatic N) is 4. The van der Waals surface area contributed by atoms with Crippen molar-refractivity contribution in [3.8, 4) is 5.75 Å². The van der Waals surface area contributed by atoms with E-state index in [4.69, 9.17) is 4.74 Å². The van der Waals surface area contributed by atoms with E-state index < -0.39 is 0 Å². The van der Waals surface area contributed by atoms with E-state index in [1.165, 1.54) is 25.9 Å². The highest BCUT2D eigenvalue weighted by atomic mass is 35.5. The van der Waals surface area contributed by atoms with Crippen LogP contribution in [-0.4, -0.2) is 93.0 Å². The number of ether oxygens (including phenoxy) is 1. The molecule has 8 heteroatoms. The van der Waals surface area contributed by atoms with Crippen LogP contribution in [0.2, 0.25) is 0 Å². The first-order valence-electron chi connectivity index (χ1n) is 12.2. The van der Waals surface area contributed by atoms with Crippen LogP contribution < -0.4 is 9.64 Å². The predicted octanol–water partition coefficient (Wildman–Crippen LogP) is 3.25. The molecular formula is C27H37ClN4O3. The highest BCUT2D eigenvalue weighted by Gasteiger charge is 2.27. The number of methoxy groups -OCH3 is 1. The van der Waals surface area contributed by atoms with Gasteiger partial charge in [0.2, 0.25) is 5.91 Å². The lowest BCUT2D eigenvalue weighted by Crippen LogP contribution is -2.53. The summed E-state index contributed by atoms with van der Waals surface area (Å²) in [6.07, 6.45) is 2.52. The first-order valence-corrected chi connectivity index (χ1v) is 12.2. The van der Waals surface area contributed by atoms with E-state index in [0.717, 1.165) is 31.2 Å². The zero-order valence-electron chi connectivity index (χ0n) is 20.8. The second-order valence-corrected chi connectivity index (χ2v) is 9.38. The van der Waals surface area contributed by atoms with Crippen LogP contribution in [0.4, 0.5) is 5.69 Å². The fourth-order valence-electron chi connectivity index (χ4n) is 4.80. The Hall–Kier alpha value is -2.61. The van der Waals surface area contributed by atoms with Crippen molar-refractivity contribution in [3.63, 3.8) is 0 Å². The Morgan fingerprint density at radius 1 is 0.914 bits per heavy atom. The fourth-order valence-corrected chi connectivity index (χ4v) is 4.80. The van der Waals surface area contributed by atoms with Crippen molar-refractivity contribution in [3.05, 3.63) is 60.2 Å². The minimum absolute atomic E-state index is 0. The number of piperazine rings is 1. The molecule has 0 spiro atoms. The Morgan fingerprint density at radius 3 is 2.14 bits per heavy atom. The molecule has 190 valence electrons. The van der Waals surface area contributed by atoms with Crippen molar-refractivity contribution in [1.82, 2.24) is 14.7 Å². The van der Waals surface area contributed by atoms with E-state index in [0.29, 0.717) is 24.4 Å². The Balaban J connectivity index is 0.00000342. The van der Waals surface area contributed by atoms with Crippen LogP contribution in [0, 0.1) is 5.92 Å². The minimum Gasteiger partial charge on any atom is -0.497 e. The average Bonchev–Trinajstić information content (AvgIpc) is 2.89. The van der Waals surface area contributed by atoms with Gasteiger partial charge in [-0.2, -0.15) is 0 Å². The van der Waals surface area contributed by atoms with Gasteiger partial charge in [-0.3, -0.25) is 19.4 Å². The fraction of sp³-hybridized carbons (Fsp3) is 0.481. The lowest BCUT2D eigenvalue weighted by atomic mass is 9.96. The average molecular weight is 501 g/mol. The topological polar surface area (TPSA) is 56.3 Å². The Bertz CT molecular complexity index is 941. The third-order valence-corrected chi connectivity index (χ3v) is 7.02. The maximum Gasteiger partial charge on any atom is 0.258 e. The van der Waals surface area contributed by atoms with E-state index in [1.807, 2.05) is 35.2 Å². The smallest absolute Gasteiger partial charge is 0.258 e. The number of piperidine rings is 1. The summed E-state index contributed by atoms with van der Waals surface area (Å²) < 4.78 is 5.21. The molecule has 0 bridgehead atoms. The van der Waals surface area contributed by atoms with Crippen molar-refractivity contribution in [1.29, 1.82) is 0 Å². The van der Waals surface area contributed by atoms with Crippen LogP contribution in [0.5, 0.6) is 5.75 Å². The summed E-state index contributed by atoms with van der Waals surface area (Å²) in [4.78, 5) is 35.0. The number of likely N-dealkylation sites (tertiary alicyclic amines) is 1. The normalized spacial score (nSPS) is 17.5. The van der Waals surface area contributed by atoms with Gasteiger partial charge < -0.3 is 14.5 Å². The molecule has 0 saturated carbocycles. The molecule has 2 aromatic rings. The molecule has 7 nitrogen and oxygen atoms in total. The van der Waals surface area contributed by atoms with Crippen LogP contribution in [0.1, 0.15) is 23.2 Å². The van der Waals surface area contributed by atoms with Gasteiger partial charge in [-0.15, -0.1) is 12.4 Å². The van der Waals surface area contributed by atoms with E-state index in [9.17, 15) is 9.59 Å². The number of anilines is 1. The number of hydrogen-bond donors (Lipinski definition) is 0. The summed E-state index contributed by atoms with van der Waals surface area (Å²) in [5, 5.41) is 0. The van der Waals surface area contributed by atoms with Crippen LogP contribution in [0.25, 0.3) is 0 Å². The number of halogens is 1. The quantitative estimate of drug-likeness (QED) is 0.584. The molecule has 2 amide bonds.